The molecule has 2 aromatic carbocycles. The Hall–Kier alpha value is -2.06. The van der Waals surface area contributed by atoms with Gasteiger partial charge >= 0.3 is 0 Å². The SMILES string of the molecule is N#Cc1ccc(Nc2ccc(Br)c(F)c2)cc1N. The van der Waals surface area contributed by atoms with Crippen molar-refractivity contribution in [1.29, 1.82) is 5.26 Å². The fourth-order valence-corrected chi connectivity index (χ4v) is 1.73. The van der Waals surface area contributed by atoms with E-state index in [1.54, 1.807) is 30.3 Å². The lowest BCUT2D eigenvalue weighted by Gasteiger charge is -2.08. The van der Waals surface area contributed by atoms with E-state index in [0.29, 0.717) is 27.1 Å². The summed E-state index contributed by atoms with van der Waals surface area (Å²) in [6.45, 7) is 0. The Morgan fingerprint density at radius 1 is 1.17 bits per heavy atom. The van der Waals surface area contributed by atoms with Crippen molar-refractivity contribution in [1.82, 2.24) is 0 Å². The second-order valence-electron chi connectivity index (χ2n) is 3.67. The highest BCUT2D eigenvalue weighted by Crippen LogP contribution is 2.24. The van der Waals surface area contributed by atoms with Crippen LogP contribution in [0, 0.1) is 17.1 Å². The first-order valence-corrected chi connectivity index (χ1v) is 5.91. The summed E-state index contributed by atoms with van der Waals surface area (Å²) in [5.74, 6) is -0.346. The van der Waals surface area contributed by atoms with Gasteiger partial charge in [0.25, 0.3) is 0 Å². The van der Waals surface area contributed by atoms with Crippen LogP contribution in [0.1, 0.15) is 5.56 Å². The summed E-state index contributed by atoms with van der Waals surface area (Å²) < 4.78 is 13.7. The van der Waals surface area contributed by atoms with Gasteiger partial charge in [0.2, 0.25) is 0 Å². The summed E-state index contributed by atoms with van der Waals surface area (Å²) in [6.07, 6.45) is 0. The minimum Gasteiger partial charge on any atom is -0.398 e. The zero-order chi connectivity index (χ0) is 13.1. The van der Waals surface area contributed by atoms with E-state index >= 15 is 0 Å². The largest absolute Gasteiger partial charge is 0.398 e. The van der Waals surface area contributed by atoms with Gasteiger partial charge in [-0.1, -0.05) is 0 Å². The molecule has 0 atom stereocenters. The van der Waals surface area contributed by atoms with Crippen molar-refractivity contribution in [3.63, 3.8) is 0 Å². The fourth-order valence-electron chi connectivity index (χ4n) is 1.48. The molecule has 90 valence electrons. The molecule has 2 aromatic rings. The van der Waals surface area contributed by atoms with Crippen molar-refractivity contribution in [3.05, 3.63) is 52.3 Å². The van der Waals surface area contributed by atoms with Gasteiger partial charge in [-0.3, -0.25) is 0 Å². The summed E-state index contributed by atoms with van der Waals surface area (Å²) >= 11 is 3.09. The van der Waals surface area contributed by atoms with Crippen LogP contribution in [-0.4, -0.2) is 0 Å². The molecule has 0 saturated carbocycles. The van der Waals surface area contributed by atoms with Crippen LogP contribution in [0.25, 0.3) is 0 Å². The van der Waals surface area contributed by atoms with E-state index in [-0.39, 0.29) is 5.82 Å². The molecule has 0 fully saturated rings. The van der Waals surface area contributed by atoms with E-state index in [2.05, 4.69) is 21.2 Å². The number of hydrogen-bond acceptors (Lipinski definition) is 3. The summed E-state index contributed by atoms with van der Waals surface area (Å²) in [4.78, 5) is 0. The average Bonchev–Trinajstić information content (AvgIpc) is 2.34. The Morgan fingerprint density at radius 2 is 1.83 bits per heavy atom. The van der Waals surface area contributed by atoms with Crippen molar-refractivity contribution in [2.24, 2.45) is 0 Å². The lowest BCUT2D eigenvalue weighted by Crippen LogP contribution is -1.95. The maximum atomic E-state index is 13.3. The Balaban J connectivity index is 2.26. The molecule has 0 heterocycles. The normalized spacial score (nSPS) is 9.83. The lowest BCUT2D eigenvalue weighted by atomic mass is 10.1. The first kappa shape index (κ1) is 12.4. The predicted octanol–water partition coefficient (Wildman–Crippen LogP) is 3.79. The summed E-state index contributed by atoms with van der Waals surface area (Å²) in [5, 5.41) is 11.8. The molecule has 0 aromatic heterocycles. The summed E-state index contributed by atoms with van der Waals surface area (Å²) in [6, 6.07) is 11.7. The maximum Gasteiger partial charge on any atom is 0.139 e. The number of anilines is 3. The number of nitrogens with two attached hydrogens (primary N) is 1. The van der Waals surface area contributed by atoms with Crippen molar-refractivity contribution in [2.45, 2.75) is 0 Å². The molecule has 0 bridgehead atoms. The quantitative estimate of drug-likeness (QED) is 0.830. The Morgan fingerprint density at radius 3 is 2.44 bits per heavy atom. The molecule has 18 heavy (non-hydrogen) atoms. The fraction of sp³-hybridized carbons (Fsp3) is 0. The molecule has 0 amide bonds. The number of nitrogens with one attached hydrogen (secondary N) is 1. The van der Waals surface area contributed by atoms with E-state index < -0.39 is 0 Å². The Bertz CT molecular complexity index is 635. The van der Waals surface area contributed by atoms with E-state index in [1.165, 1.54) is 6.07 Å². The van der Waals surface area contributed by atoms with Crippen molar-refractivity contribution in [3.8, 4) is 6.07 Å². The molecular formula is C13H9BrFN3. The smallest absolute Gasteiger partial charge is 0.139 e. The molecule has 0 saturated heterocycles. The summed E-state index contributed by atoms with van der Waals surface area (Å²) in [5.41, 5.74) is 7.82. The molecule has 5 heteroatoms. The number of rotatable bonds is 2. The summed E-state index contributed by atoms with van der Waals surface area (Å²) in [7, 11) is 0. The molecule has 0 spiro atoms. The first-order valence-electron chi connectivity index (χ1n) is 5.12. The zero-order valence-electron chi connectivity index (χ0n) is 9.24. The van der Waals surface area contributed by atoms with Gasteiger partial charge in [-0.2, -0.15) is 5.26 Å². The second-order valence-corrected chi connectivity index (χ2v) is 4.52. The van der Waals surface area contributed by atoms with Crippen LogP contribution in [0.5, 0.6) is 0 Å². The van der Waals surface area contributed by atoms with Crippen molar-refractivity contribution < 1.29 is 4.39 Å². The second kappa shape index (κ2) is 5.07. The number of hydrogen-bond donors (Lipinski definition) is 2. The number of nitrogens with zero attached hydrogens (tertiary/aromatic N) is 1. The lowest BCUT2D eigenvalue weighted by molar-refractivity contribution is 0.622. The van der Waals surface area contributed by atoms with Gasteiger partial charge in [-0.05, 0) is 52.3 Å². The van der Waals surface area contributed by atoms with E-state index in [9.17, 15) is 4.39 Å². The van der Waals surface area contributed by atoms with Gasteiger partial charge in [0.1, 0.15) is 11.9 Å². The third-order valence-corrected chi connectivity index (χ3v) is 3.02. The standard InChI is InChI=1S/C13H9BrFN3/c14-11-4-3-9(5-12(11)15)18-10-2-1-8(7-16)13(17)6-10/h1-6,18H,17H2. The predicted molar refractivity (Wildman–Crippen MR) is 73.0 cm³/mol. The number of nitrogen functional groups attached to an aromatic ring is 1. The van der Waals surface area contributed by atoms with Crippen molar-refractivity contribution >= 4 is 33.0 Å². The Labute approximate surface area is 112 Å². The van der Waals surface area contributed by atoms with Gasteiger partial charge in [0.05, 0.1) is 15.7 Å². The molecule has 0 aliphatic carbocycles. The van der Waals surface area contributed by atoms with Crippen LogP contribution in [0.3, 0.4) is 0 Å². The van der Waals surface area contributed by atoms with E-state index in [4.69, 9.17) is 11.0 Å². The maximum absolute atomic E-state index is 13.3. The van der Waals surface area contributed by atoms with Gasteiger partial charge in [-0.15, -0.1) is 0 Å². The first-order chi connectivity index (χ1) is 8.60. The third kappa shape index (κ3) is 2.60. The molecule has 0 unspecified atom stereocenters. The van der Waals surface area contributed by atoms with Crippen LogP contribution in [0.4, 0.5) is 21.5 Å². The number of halogens is 2. The third-order valence-electron chi connectivity index (χ3n) is 2.38. The van der Waals surface area contributed by atoms with Gasteiger partial charge < -0.3 is 11.1 Å². The average molecular weight is 306 g/mol. The molecule has 3 N–H and O–H groups in total. The van der Waals surface area contributed by atoms with Crippen molar-refractivity contribution in [2.75, 3.05) is 11.1 Å². The zero-order valence-corrected chi connectivity index (χ0v) is 10.8. The van der Waals surface area contributed by atoms with Crippen LogP contribution in [0.2, 0.25) is 0 Å². The number of benzene rings is 2. The molecular weight excluding hydrogens is 297 g/mol. The molecule has 2 rings (SSSR count). The minimum absolute atomic E-state index is 0.346. The van der Waals surface area contributed by atoms with Crippen LogP contribution < -0.4 is 11.1 Å². The topological polar surface area (TPSA) is 61.8 Å². The van der Waals surface area contributed by atoms with E-state index in [1.807, 2.05) is 6.07 Å². The number of nitriles is 1. The van der Waals surface area contributed by atoms with Gasteiger partial charge in [-0.25, -0.2) is 4.39 Å². The highest BCUT2D eigenvalue weighted by atomic mass is 79.9. The minimum atomic E-state index is -0.346. The molecule has 0 aliphatic heterocycles. The molecule has 0 aliphatic rings. The molecule has 3 nitrogen and oxygen atoms in total. The highest BCUT2D eigenvalue weighted by Gasteiger charge is 2.03. The molecule has 0 radical (unpaired) electrons. The van der Waals surface area contributed by atoms with Gasteiger partial charge in [0.15, 0.2) is 0 Å². The van der Waals surface area contributed by atoms with Crippen LogP contribution in [-0.2, 0) is 0 Å². The van der Waals surface area contributed by atoms with Gasteiger partial charge in [0, 0.05) is 11.4 Å². The highest BCUT2D eigenvalue weighted by molar-refractivity contribution is 9.10. The van der Waals surface area contributed by atoms with E-state index in [0.717, 1.165) is 0 Å². The monoisotopic (exact) mass is 305 g/mol. The Kier molecular flexibility index (Phi) is 3.49. The van der Waals surface area contributed by atoms with Crippen LogP contribution >= 0.6 is 15.9 Å². The van der Waals surface area contributed by atoms with Crippen LogP contribution in [0.15, 0.2) is 40.9 Å².